The minimum absolute atomic E-state index is 0.173. The number of thiophene rings is 1. The Kier molecular flexibility index (Phi) is 12.6. The molecule has 202 valence electrons. The summed E-state index contributed by atoms with van der Waals surface area (Å²) >= 11 is 1.19. The van der Waals surface area contributed by atoms with E-state index in [9.17, 15) is 14.4 Å². The Balaban J connectivity index is 2.08. The van der Waals surface area contributed by atoms with Gasteiger partial charge in [0.25, 0.3) is 0 Å². The Morgan fingerprint density at radius 2 is 1.41 bits per heavy atom. The highest BCUT2D eigenvalue weighted by molar-refractivity contribution is 7.17. The van der Waals surface area contributed by atoms with Gasteiger partial charge in [-0.3, -0.25) is 4.79 Å². The summed E-state index contributed by atoms with van der Waals surface area (Å²) < 4.78 is 10.7. The lowest BCUT2D eigenvalue weighted by Gasteiger charge is -2.30. The average Bonchev–Trinajstić information content (AvgIpc) is 3.27. The molecule has 8 heteroatoms. The van der Waals surface area contributed by atoms with E-state index in [0.717, 1.165) is 10.4 Å². The fourth-order valence-electron chi connectivity index (χ4n) is 3.05. The zero-order chi connectivity index (χ0) is 30.1. The summed E-state index contributed by atoms with van der Waals surface area (Å²) in [5.41, 5.74) is 0.377. The van der Waals surface area contributed by atoms with Gasteiger partial charge < -0.3 is 19.7 Å². The second-order valence-electron chi connectivity index (χ2n) is 8.66. The Hall–Kier alpha value is -5.61. The van der Waals surface area contributed by atoms with Crippen LogP contribution in [0.25, 0.3) is 0 Å². The normalized spacial score (nSPS) is 10.0. The molecule has 0 unspecified atom stereocenters. The molecule has 0 spiro atoms. The largest absolute Gasteiger partial charge is 0.462 e. The van der Waals surface area contributed by atoms with Crippen molar-refractivity contribution in [3.8, 4) is 94.7 Å². The van der Waals surface area contributed by atoms with E-state index in [4.69, 9.17) is 9.47 Å². The van der Waals surface area contributed by atoms with Crippen LogP contribution in [-0.4, -0.2) is 41.6 Å². The monoisotopic (exact) mass is 560 g/mol. The summed E-state index contributed by atoms with van der Waals surface area (Å²) in [6.07, 6.45) is -0.0314. The molecule has 1 N–H and O–H groups in total. The van der Waals surface area contributed by atoms with Crippen LogP contribution in [-0.2, 0) is 27.2 Å². The minimum atomic E-state index is -0.664. The van der Waals surface area contributed by atoms with Crippen molar-refractivity contribution in [2.75, 3.05) is 18.5 Å². The van der Waals surface area contributed by atoms with Gasteiger partial charge in [0.1, 0.15) is 10.6 Å². The lowest BCUT2D eigenvalue weighted by atomic mass is 10.0. The quantitative estimate of drug-likeness (QED) is 0.454. The first-order valence-corrected chi connectivity index (χ1v) is 13.0. The van der Waals surface area contributed by atoms with E-state index in [1.54, 1.807) is 39.5 Å². The first-order valence-electron chi connectivity index (χ1n) is 12.2. The van der Waals surface area contributed by atoms with E-state index in [-0.39, 0.29) is 18.7 Å². The third-order valence-electron chi connectivity index (χ3n) is 4.53. The first-order chi connectivity index (χ1) is 19.7. The van der Waals surface area contributed by atoms with Gasteiger partial charge in [0, 0.05) is 17.3 Å². The van der Waals surface area contributed by atoms with Crippen molar-refractivity contribution >= 4 is 34.3 Å². The number of ether oxygens (including phenoxy) is 2. The number of hydrogen-bond donors (Lipinski definition) is 1. The lowest BCUT2D eigenvalue weighted by Crippen LogP contribution is -2.39. The predicted molar refractivity (Wildman–Crippen MR) is 157 cm³/mol. The van der Waals surface area contributed by atoms with Crippen LogP contribution < -0.4 is 5.32 Å². The van der Waals surface area contributed by atoms with E-state index in [1.807, 2.05) is 0 Å². The molecule has 0 saturated carbocycles. The van der Waals surface area contributed by atoms with E-state index in [1.165, 1.54) is 11.3 Å². The molecule has 0 radical (unpaired) electrons. The summed E-state index contributed by atoms with van der Waals surface area (Å²) in [5, 5.41) is 2.94. The average molecular weight is 561 g/mol. The van der Waals surface area contributed by atoms with Gasteiger partial charge in [-0.25, -0.2) is 9.59 Å². The van der Waals surface area contributed by atoms with Crippen molar-refractivity contribution in [1.29, 1.82) is 0 Å². The zero-order valence-electron chi connectivity index (χ0n) is 23.2. The summed E-state index contributed by atoms with van der Waals surface area (Å²) in [5.74, 6) is 38.6. The third kappa shape index (κ3) is 11.3. The van der Waals surface area contributed by atoms with Gasteiger partial charge in [0.05, 0.1) is 18.7 Å². The summed E-state index contributed by atoms with van der Waals surface area (Å²) in [6, 6.07) is 0. The summed E-state index contributed by atoms with van der Waals surface area (Å²) in [7, 11) is 0. The van der Waals surface area contributed by atoms with Crippen LogP contribution in [0.1, 0.15) is 55.4 Å². The first kappa shape index (κ1) is 31.6. The highest BCUT2D eigenvalue weighted by Crippen LogP contribution is 2.38. The highest BCUT2D eigenvalue weighted by Gasteiger charge is 2.32. The molecule has 0 bridgehead atoms. The minimum Gasteiger partial charge on any atom is -0.462 e. The van der Waals surface area contributed by atoms with Crippen LogP contribution in [0.4, 0.5) is 9.80 Å². The molecule has 0 aliphatic carbocycles. The van der Waals surface area contributed by atoms with Gasteiger partial charge in [-0.05, 0) is 129 Å². The van der Waals surface area contributed by atoms with Crippen molar-refractivity contribution in [2.45, 2.75) is 53.2 Å². The number of nitrogens with zero attached hydrogens (tertiary/aromatic N) is 1. The Morgan fingerprint density at radius 3 is 1.93 bits per heavy atom. The summed E-state index contributed by atoms with van der Waals surface area (Å²) in [6.45, 7) is 9.54. The fourth-order valence-corrected chi connectivity index (χ4v) is 4.30. The van der Waals surface area contributed by atoms with Gasteiger partial charge in [-0.15, -0.1) is 11.3 Å². The van der Waals surface area contributed by atoms with Crippen LogP contribution in [0, 0.1) is 94.7 Å². The van der Waals surface area contributed by atoms with E-state index >= 15 is 0 Å². The van der Waals surface area contributed by atoms with Gasteiger partial charge in [-0.1, -0.05) is 5.92 Å². The molecule has 2 rings (SSSR count). The number of rotatable bonds is 3. The van der Waals surface area contributed by atoms with E-state index in [2.05, 4.69) is 100 Å². The molecular formula is C33H24N2O5S. The molecule has 2 heterocycles. The van der Waals surface area contributed by atoms with Gasteiger partial charge in [-0.2, -0.15) is 0 Å². The fraction of sp³-hybridized carbons (Fsp3) is 0.303. The van der Waals surface area contributed by atoms with Gasteiger partial charge in [0.15, 0.2) is 0 Å². The number of fused-ring (bicyclic) bond motifs is 1. The Bertz CT molecular complexity index is 1730. The third-order valence-corrected chi connectivity index (χ3v) is 5.66. The molecule has 41 heavy (non-hydrogen) atoms. The maximum absolute atomic E-state index is 12.7. The topological polar surface area (TPSA) is 84.9 Å². The molecule has 1 aromatic heterocycles. The van der Waals surface area contributed by atoms with Crippen LogP contribution in [0.2, 0.25) is 0 Å². The molecule has 1 aliphatic heterocycles. The smallest absolute Gasteiger partial charge is 0.410 e. The molecule has 1 aromatic rings. The molecule has 2 amide bonds. The predicted octanol–water partition coefficient (Wildman–Crippen LogP) is 3.20. The van der Waals surface area contributed by atoms with Crippen molar-refractivity contribution in [1.82, 2.24) is 4.90 Å². The van der Waals surface area contributed by atoms with Crippen molar-refractivity contribution in [3.63, 3.8) is 0 Å². The Morgan fingerprint density at radius 1 is 0.878 bits per heavy atom. The van der Waals surface area contributed by atoms with E-state index < -0.39 is 23.6 Å². The number of amides is 2. The number of carbonyl (C=O) groups excluding carboxylic acids is 3. The standard InChI is InChI=1S/C33H24N2O5S/c1-6-8-9-10-11-12-13-14-15-16-17-18-19-20-21-22-28(36)34-30-29(31(37)39-7-2)26-23-24-35(25-27(26)41-30)32(38)40-33(3,4)5/h7,23-25H2,1-5H3,(H,34,36). The molecule has 0 saturated heterocycles. The highest BCUT2D eigenvalue weighted by atomic mass is 32.1. The maximum atomic E-state index is 12.7. The number of nitrogens with one attached hydrogen (secondary N) is 1. The molecule has 7 nitrogen and oxygen atoms in total. The molecule has 1 aliphatic rings. The van der Waals surface area contributed by atoms with Gasteiger partial charge in [0.2, 0.25) is 0 Å². The molecule has 0 fully saturated rings. The van der Waals surface area contributed by atoms with Crippen LogP contribution >= 0.6 is 11.3 Å². The van der Waals surface area contributed by atoms with Gasteiger partial charge >= 0.3 is 18.0 Å². The molecule has 0 atom stereocenters. The summed E-state index contributed by atoms with van der Waals surface area (Å²) in [4.78, 5) is 40.0. The number of carbonyl (C=O) groups is 3. The number of hydrogen-bond acceptors (Lipinski definition) is 6. The van der Waals surface area contributed by atoms with Crippen molar-refractivity contribution in [3.05, 3.63) is 16.0 Å². The van der Waals surface area contributed by atoms with Crippen LogP contribution in [0.5, 0.6) is 0 Å². The Labute approximate surface area is 245 Å². The molecule has 0 aromatic carbocycles. The van der Waals surface area contributed by atoms with Crippen LogP contribution in [0.15, 0.2) is 0 Å². The zero-order valence-corrected chi connectivity index (χ0v) is 24.0. The lowest BCUT2D eigenvalue weighted by molar-refractivity contribution is -0.111. The van der Waals surface area contributed by atoms with Crippen molar-refractivity contribution in [2.24, 2.45) is 0 Å². The van der Waals surface area contributed by atoms with Crippen LogP contribution in [0.3, 0.4) is 0 Å². The maximum Gasteiger partial charge on any atom is 0.410 e. The number of esters is 1. The van der Waals surface area contributed by atoms with E-state index in [0.29, 0.717) is 18.0 Å². The second kappa shape index (κ2) is 16.4. The van der Waals surface area contributed by atoms with Crippen molar-refractivity contribution < 1.29 is 23.9 Å². The second-order valence-corrected chi connectivity index (χ2v) is 9.76. The number of anilines is 1. The SMILES string of the molecule is CC#CC#CC#CC#CC#CC#CC#CC#CC(=O)Nc1sc2c(c1C(=O)OCC)CCN(C(=O)OC(C)(C)C)C2. The molecular weight excluding hydrogens is 536 g/mol.